The average Bonchev–Trinajstić information content (AvgIpc) is 3.23. The standard InChI is InChI=1S/C24H43N5O5/c1-15(2)17(14-29-12-8-10-18(29)22(33)26-13-19(30)31)27-23(34)20(24(3,4)5)28-21(32)16-9-6-7-11-25-16/h15-18,20,25H,6-14H2,1-5H3,(H,26,33)(H,27,34)(H,28,32)(H,30,31)/t16?,17-,18+,20?/m1/s1. The minimum atomic E-state index is -1.08. The fraction of sp³-hybridized carbons (Fsp3) is 0.833. The van der Waals surface area contributed by atoms with Crippen LogP contribution in [0, 0.1) is 11.3 Å². The van der Waals surface area contributed by atoms with Crippen molar-refractivity contribution in [3.05, 3.63) is 0 Å². The maximum absolute atomic E-state index is 13.4. The molecule has 0 aromatic heterocycles. The van der Waals surface area contributed by atoms with E-state index >= 15 is 0 Å². The van der Waals surface area contributed by atoms with Crippen molar-refractivity contribution in [1.82, 2.24) is 26.2 Å². The van der Waals surface area contributed by atoms with Crippen molar-refractivity contribution in [2.75, 3.05) is 26.2 Å². The first kappa shape index (κ1) is 28.0. The Morgan fingerprint density at radius 2 is 1.74 bits per heavy atom. The van der Waals surface area contributed by atoms with Crippen LogP contribution in [0.4, 0.5) is 0 Å². The van der Waals surface area contributed by atoms with E-state index in [0.717, 1.165) is 32.2 Å². The number of hydrogen-bond acceptors (Lipinski definition) is 6. The first-order chi connectivity index (χ1) is 15.9. The number of amides is 3. The van der Waals surface area contributed by atoms with Gasteiger partial charge in [0.15, 0.2) is 0 Å². The van der Waals surface area contributed by atoms with Gasteiger partial charge in [0.25, 0.3) is 0 Å². The molecule has 0 aromatic carbocycles. The highest BCUT2D eigenvalue weighted by molar-refractivity contribution is 5.90. The molecular formula is C24H43N5O5. The lowest BCUT2D eigenvalue weighted by molar-refractivity contribution is -0.138. The molecule has 10 heteroatoms. The van der Waals surface area contributed by atoms with Gasteiger partial charge in [-0.05, 0) is 50.1 Å². The van der Waals surface area contributed by atoms with Crippen LogP contribution in [0.15, 0.2) is 0 Å². The van der Waals surface area contributed by atoms with Gasteiger partial charge < -0.3 is 26.4 Å². The van der Waals surface area contributed by atoms with Gasteiger partial charge in [-0.2, -0.15) is 0 Å². The second kappa shape index (κ2) is 12.5. The summed E-state index contributed by atoms with van der Waals surface area (Å²) in [6, 6.07) is -1.61. The molecular weight excluding hydrogens is 438 g/mol. The van der Waals surface area contributed by atoms with E-state index in [1.165, 1.54) is 0 Å². The Labute approximate surface area is 203 Å². The summed E-state index contributed by atoms with van der Waals surface area (Å²) in [6.07, 6.45) is 4.29. The SMILES string of the molecule is CC(C)[C@@H](CN1CCC[C@H]1C(=O)NCC(=O)O)NC(=O)C(NC(=O)C1CCCCN1)C(C)(C)C. The largest absolute Gasteiger partial charge is 0.480 e. The van der Waals surface area contributed by atoms with Gasteiger partial charge in [-0.3, -0.25) is 24.1 Å². The third kappa shape index (κ3) is 8.23. The van der Waals surface area contributed by atoms with Gasteiger partial charge in [-0.1, -0.05) is 41.0 Å². The second-order valence-electron chi connectivity index (χ2n) is 10.9. The highest BCUT2D eigenvalue weighted by Crippen LogP contribution is 2.22. The molecule has 2 fully saturated rings. The Hall–Kier alpha value is -2.20. The highest BCUT2D eigenvalue weighted by Gasteiger charge is 2.38. The van der Waals surface area contributed by atoms with Crippen molar-refractivity contribution in [3.8, 4) is 0 Å². The summed E-state index contributed by atoms with van der Waals surface area (Å²) in [5.41, 5.74) is -0.483. The Kier molecular flexibility index (Phi) is 10.3. The summed E-state index contributed by atoms with van der Waals surface area (Å²) in [5.74, 6) is -1.66. The Balaban J connectivity index is 2.04. The summed E-state index contributed by atoms with van der Waals surface area (Å²) >= 11 is 0. The molecule has 0 spiro atoms. The molecule has 2 saturated heterocycles. The van der Waals surface area contributed by atoms with E-state index in [4.69, 9.17) is 5.11 Å². The predicted octanol–water partition coefficient (Wildman–Crippen LogP) is 0.465. The summed E-state index contributed by atoms with van der Waals surface area (Å²) in [5, 5.41) is 20.6. The lowest BCUT2D eigenvalue weighted by atomic mass is 9.85. The molecule has 3 amide bonds. The molecule has 10 nitrogen and oxygen atoms in total. The molecule has 0 bridgehead atoms. The molecule has 2 rings (SSSR count). The molecule has 0 aromatic rings. The minimum Gasteiger partial charge on any atom is -0.480 e. The quantitative estimate of drug-likeness (QED) is 0.305. The average molecular weight is 482 g/mol. The normalized spacial score (nSPS) is 23.2. The fourth-order valence-corrected chi connectivity index (χ4v) is 4.56. The van der Waals surface area contributed by atoms with E-state index in [1.54, 1.807) is 0 Å². The van der Waals surface area contributed by atoms with Crippen LogP contribution in [-0.2, 0) is 19.2 Å². The lowest BCUT2D eigenvalue weighted by Crippen LogP contribution is -2.60. The van der Waals surface area contributed by atoms with Gasteiger partial charge >= 0.3 is 5.97 Å². The number of carbonyl (C=O) groups excluding carboxylic acids is 3. The number of likely N-dealkylation sites (tertiary alicyclic amines) is 1. The van der Waals surface area contributed by atoms with Crippen LogP contribution in [0.25, 0.3) is 0 Å². The summed E-state index contributed by atoms with van der Waals surface area (Å²) in [6.45, 7) is 11.4. The molecule has 2 heterocycles. The molecule has 0 aliphatic carbocycles. The monoisotopic (exact) mass is 481 g/mol. The van der Waals surface area contributed by atoms with Crippen molar-refractivity contribution in [2.24, 2.45) is 11.3 Å². The van der Waals surface area contributed by atoms with Gasteiger partial charge in [0.05, 0.1) is 12.1 Å². The van der Waals surface area contributed by atoms with Gasteiger partial charge in [0.1, 0.15) is 12.6 Å². The van der Waals surface area contributed by atoms with E-state index in [0.29, 0.717) is 19.5 Å². The number of carboxylic acids is 1. The van der Waals surface area contributed by atoms with Crippen LogP contribution in [0.3, 0.4) is 0 Å². The number of piperidine rings is 1. The van der Waals surface area contributed by atoms with Crippen LogP contribution in [0.1, 0.15) is 66.7 Å². The lowest BCUT2D eigenvalue weighted by Gasteiger charge is -2.36. The van der Waals surface area contributed by atoms with Crippen molar-refractivity contribution in [3.63, 3.8) is 0 Å². The van der Waals surface area contributed by atoms with E-state index in [-0.39, 0.29) is 35.7 Å². The summed E-state index contributed by atoms with van der Waals surface area (Å²) < 4.78 is 0. The van der Waals surface area contributed by atoms with E-state index in [9.17, 15) is 19.2 Å². The number of nitrogens with one attached hydrogen (secondary N) is 4. The van der Waals surface area contributed by atoms with Gasteiger partial charge in [0.2, 0.25) is 17.7 Å². The molecule has 2 aliphatic heterocycles. The maximum Gasteiger partial charge on any atom is 0.322 e. The highest BCUT2D eigenvalue weighted by atomic mass is 16.4. The van der Waals surface area contributed by atoms with Crippen molar-refractivity contribution in [2.45, 2.75) is 90.9 Å². The molecule has 34 heavy (non-hydrogen) atoms. The van der Waals surface area contributed by atoms with Crippen LogP contribution in [0.2, 0.25) is 0 Å². The second-order valence-corrected chi connectivity index (χ2v) is 10.9. The van der Waals surface area contributed by atoms with Gasteiger partial charge in [0, 0.05) is 12.6 Å². The number of rotatable bonds is 10. The van der Waals surface area contributed by atoms with E-state index in [1.807, 2.05) is 39.5 Å². The van der Waals surface area contributed by atoms with E-state index in [2.05, 4.69) is 21.3 Å². The third-order valence-electron chi connectivity index (χ3n) is 6.69. The maximum atomic E-state index is 13.4. The zero-order valence-corrected chi connectivity index (χ0v) is 21.3. The van der Waals surface area contributed by atoms with Crippen molar-refractivity contribution < 1.29 is 24.3 Å². The molecule has 2 unspecified atom stereocenters. The first-order valence-electron chi connectivity index (χ1n) is 12.5. The number of hydrogen-bond donors (Lipinski definition) is 5. The summed E-state index contributed by atoms with van der Waals surface area (Å²) in [7, 11) is 0. The van der Waals surface area contributed by atoms with Crippen LogP contribution in [0.5, 0.6) is 0 Å². The molecule has 5 N–H and O–H groups in total. The number of carboxylic acid groups (broad SMARTS) is 1. The van der Waals surface area contributed by atoms with Crippen molar-refractivity contribution >= 4 is 23.7 Å². The van der Waals surface area contributed by atoms with Crippen molar-refractivity contribution in [1.29, 1.82) is 0 Å². The number of aliphatic carboxylic acids is 1. The zero-order valence-electron chi connectivity index (χ0n) is 21.3. The van der Waals surface area contributed by atoms with Crippen LogP contribution >= 0.6 is 0 Å². The summed E-state index contributed by atoms with van der Waals surface area (Å²) in [4.78, 5) is 51.5. The van der Waals surface area contributed by atoms with Crippen LogP contribution in [-0.4, -0.2) is 84.0 Å². The molecule has 4 atom stereocenters. The molecule has 194 valence electrons. The molecule has 0 saturated carbocycles. The zero-order chi connectivity index (χ0) is 25.5. The van der Waals surface area contributed by atoms with Gasteiger partial charge in [-0.25, -0.2) is 0 Å². The minimum absolute atomic E-state index is 0.101. The smallest absolute Gasteiger partial charge is 0.322 e. The Morgan fingerprint density at radius 1 is 1.03 bits per heavy atom. The number of carbonyl (C=O) groups is 4. The van der Waals surface area contributed by atoms with E-state index < -0.39 is 30.0 Å². The third-order valence-corrected chi connectivity index (χ3v) is 6.69. The molecule has 2 aliphatic rings. The molecule has 0 radical (unpaired) electrons. The Bertz CT molecular complexity index is 730. The fourth-order valence-electron chi connectivity index (χ4n) is 4.56. The number of nitrogens with zero attached hydrogens (tertiary/aromatic N) is 1. The predicted molar refractivity (Wildman–Crippen MR) is 129 cm³/mol. The van der Waals surface area contributed by atoms with Gasteiger partial charge in [-0.15, -0.1) is 0 Å². The first-order valence-corrected chi connectivity index (χ1v) is 12.5. The Morgan fingerprint density at radius 3 is 2.29 bits per heavy atom. The topological polar surface area (TPSA) is 140 Å². The van der Waals surface area contributed by atoms with Crippen LogP contribution < -0.4 is 21.3 Å².